The van der Waals surface area contributed by atoms with E-state index in [1.807, 2.05) is 55.4 Å². The molecule has 0 radical (unpaired) electrons. The molecule has 0 bridgehead atoms. The normalized spacial score (nSPS) is 13.5. The Kier molecular flexibility index (Phi) is 2.66. The third-order valence-electron chi connectivity index (χ3n) is 2.53. The van der Waals surface area contributed by atoms with Crippen LogP contribution in [0.15, 0.2) is 48.1 Å². The Balaban J connectivity index is 2.36. The van der Waals surface area contributed by atoms with E-state index in [9.17, 15) is 4.79 Å². The lowest BCUT2D eigenvalue weighted by Gasteiger charge is -2.04. The van der Waals surface area contributed by atoms with E-state index >= 15 is 0 Å². The molecule has 1 nitrogen and oxygen atoms in total. The second kappa shape index (κ2) is 4.12. The summed E-state index contributed by atoms with van der Waals surface area (Å²) >= 11 is 0. The molecule has 1 aliphatic rings. The number of carbonyl (C=O) groups excluding carboxylic acids is 1. The van der Waals surface area contributed by atoms with Crippen LogP contribution in [0, 0.1) is 6.92 Å². The smallest absolute Gasteiger partial charge is 0.133 e. The monoisotopic (exact) mass is 196 g/mol. The van der Waals surface area contributed by atoms with Crippen LogP contribution in [0.25, 0.3) is 5.57 Å². The van der Waals surface area contributed by atoms with Gasteiger partial charge in [0.15, 0.2) is 0 Å². The predicted molar refractivity (Wildman–Crippen MR) is 62.1 cm³/mol. The van der Waals surface area contributed by atoms with Crippen molar-refractivity contribution in [3.8, 4) is 0 Å². The van der Waals surface area contributed by atoms with Crippen molar-refractivity contribution in [1.82, 2.24) is 0 Å². The Morgan fingerprint density at radius 2 is 2.00 bits per heavy atom. The van der Waals surface area contributed by atoms with Crippen molar-refractivity contribution in [2.75, 3.05) is 0 Å². The molecule has 1 aromatic carbocycles. The molecule has 74 valence electrons. The quantitative estimate of drug-likeness (QED) is 0.664. The van der Waals surface area contributed by atoms with Gasteiger partial charge in [-0.2, -0.15) is 0 Å². The summed E-state index contributed by atoms with van der Waals surface area (Å²) in [6, 6.07) is 7.95. The molecule has 0 aliphatic heterocycles. The molecular weight excluding hydrogens is 184 g/mol. The van der Waals surface area contributed by atoms with E-state index in [4.69, 9.17) is 0 Å². The van der Waals surface area contributed by atoms with Crippen molar-refractivity contribution < 1.29 is 4.79 Å². The predicted octanol–water partition coefficient (Wildman–Crippen LogP) is 3.10. The lowest BCUT2D eigenvalue weighted by atomic mass is 9.98. The number of hydrogen-bond donors (Lipinski definition) is 0. The molecule has 0 N–H and O–H groups in total. The summed E-state index contributed by atoms with van der Waals surface area (Å²) in [6.07, 6.45) is 6.82. The molecule has 0 saturated carbocycles. The van der Waals surface area contributed by atoms with Gasteiger partial charge < -0.3 is 0 Å². The zero-order valence-electron chi connectivity index (χ0n) is 8.66. The molecular formula is C14H12O. The van der Waals surface area contributed by atoms with Gasteiger partial charge in [0.25, 0.3) is 0 Å². The standard InChI is InChI=1S/C14H12O/c1-11-6-8-13(9-7-11)14(10-15)12-4-2-3-5-12/h2-4,6-9H,5H2,1H3. The molecule has 0 fully saturated rings. The van der Waals surface area contributed by atoms with Gasteiger partial charge in [0, 0.05) is 0 Å². The Hall–Kier alpha value is -1.85. The Bertz CT molecular complexity index is 469. The van der Waals surface area contributed by atoms with Gasteiger partial charge in [0.2, 0.25) is 0 Å². The van der Waals surface area contributed by atoms with Gasteiger partial charge in [-0.25, -0.2) is 4.79 Å². The van der Waals surface area contributed by atoms with Crippen LogP contribution in [-0.4, -0.2) is 5.94 Å². The maximum Gasteiger partial charge on any atom is 0.133 e. The highest BCUT2D eigenvalue weighted by Crippen LogP contribution is 2.26. The van der Waals surface area contributed by atoms with E-state index < -0.39 is 0 Å². The molecule has 0 amide bonds. The van der Waals surface area contributed by atoms with E-state index in [1.54, 1.807) is 0 Å². The maximum atomic E-state index is 10.9. The van der Waals surface area contributed by atoms with Gasteiger partial charge in [-0.05, 0) is 24.5 Å². The van der Waals surface area contributed by atoms with Crippen LogP contribution in [0.3, 0.4) is 0 Å². The van der Waals surface area contributed by atoms with Gasteiger partial charge in [0.1, 0.15) is 5.94 Å². The van der Waals surface area contributed by atoms with E-state index in [0.717, 1.165) is 17.6 Å². The minimum absolute atomic E-state index is 0.681. The SMILES string of the molecule is Cc1ccc(C(=C=O)C2=CC=CC2)cc1. The largest absolute Gasteiger partial charge is 0.233 e. The van der Waals surface area contributed by atoms with Crippen LogP contribution >= 0.6 is 0 Å². The fourth-order valence-corrected chi connectivity index (χ4v) is 1.66. The minimum Gasteiger partial charge on any atom is -0.233 e. The van der Waals surface area contributed by atoms with Gasteiger partial charge in [-0.3, -0.25) is 0 Å². The molecule has 1 aromatic rings. The Labute approximate surface area is 89.4 Å². The third kappa shape index (κ3) is 1.98. The molecule has 2 rings (SSSR count). The number of rotatable bonds is 2. The average molecular weight is 196 g/mol. The summed E-state index contributed by atoms with van der Waals surface area (Å²) in [6.45, 7) is 2.03. The highest BCUT2D eigenvalue weighted by atomic mass is 16.1. The number of allylic oxidation sites excluding steroid dienone is 5. The molecule has 0 unspecified atom stereocenters. The highest BCUT2D eigenvalue weighted by Gasteiger charge is 2.09. The second-order valence-electron chi connectivity index (χ2n) is 3.67. The van der Waals surface area contributed by atoms with Gasteiger partial charge in [-0.1, -0.05) is 48.1 Å². The lowest BCUT2D eigenvalue weighted by molar-refractivity contribution is 0.569. The van der Waals surface area contributed by atoms with Crippen molar-refractivity contribution >= 4 is 11.5 Å². The van der Waals surface area contributed by atoms with Crippen molar-refractivity contribution in [2.45, 2.75) is 13.3 Å². The van der Waals surface area contributed by atoms with Crippen LogP contribution in [0.4, 0.5) is 0 Å². The Morgan fingerprint density at radius 1 is 1.27 bits per heavy atom. The van der Waals surface area contributed by atoms with Gasteiger partial charge in [-0.15, -0.1) is 0 Å². The number of benzene rings is 1. The van der Waals surface area contributed by atoms with Crippen LogP contribution in [0.1, 0.15) is 17.5 Å². The summed E-state index contributed by atoms with van der Waals surface area (Å²) in [4.78, 5) is 10.9. The summed E-state index contributed by atoms with van der Waals surface area (Å²) in [5, 5.41) is 0. The van der Waals surface area contributed by atoms with Gasteiger partial charge in [0.05, 0.1) is 5.57 Å². The fraction of sp³-hybridized carbons (Fsp3) is 0.143. The van der Waals surface area contributed by atoms with Crippen LogP contribution in [0.2, 0.25) is 0 Å². The highest BCUT2D eigenvalue weighted by molar-refractivity contribution is 5.97. The van der Waals surface area contributed by atoms with E-state index in [-0.39, 0.29) is 0 Å². The first-order valence-electron chi connectivity index (χ1n) is 4.99. The first-order valence-corrected chi connectivity index (χ1v) is 4.99. The number of hydrogen-bond acceptors (Lipinski definition) is 1. The summed E-state index contributed by atoms with van der Waals surface area (Å²) in [5.74, 6) is 2.04. The average Bonchev–Trinajstić information content (AvgIpc) is 2.75. The van der Waals surface area contributed by atoms with E-state index in [1.165, 1.54) is 5.56 Å². The molecule has 0 aromatic heterocycles. The van der Waals surface area contributed by atoms with E-state index in [2.05, 4.69) is 0 Å². The van der Waals surface area contributed by atoms with Crippen LogP contribution in [0.5, 0.6) is 0 Å². The molecule has 15 heavy (non-hydrogen) atoms. The third-order valence-corrected chi connectivity index (χ3v) is 2.53. The lowest BCUT2D eigenvalue weighted by Crippen LogP contribution is -1.89. The summed E-state index contributed by atoms with van der Waals surface area (Å²) in [5.41, 5.74) is 3.88. The second-order valence-corrected chi connectivity index (χ2v) is 3.67. The minimum atomic E-state index is 0.681. The van der Waals surface area contributed by atoms with Crippen molar-refractivity contribution in [3.05, 3.63) is 59.2 Å². The number of aryl methyl sites for hydroxylation is 1. The molecule has 1 heteroatoms. The van der Waals surface area contributed by atoms with Crippen LogP contribution < -0.4 is 0 Å². The zero-order chi connectivity index (χ0) is 10.7. The molecule has 0 spiro atoms. The zero-order valence-corrected chi connectivity index (χ0v) is 8.66. The molecule has 0 saturated heterocycles. The molecule has 0 atom stereocenters. The summed E-state index contributed by atoms with van der Waals surface area (Å²) in [7, 11) is 0. The van der Waals surface area contributed by atoms with Crippen LogP contribution in [-0.2, 0) is 4.79 Å². The van der Waals surface area contributed by atoms with Gasteiger partial charge >= 0.3 is 0 Å². The molecule has 1 aliphatic carbocycles. The summed E-state index contributed by atoms with van der Waals surface area (Å²) < 4.78 is 0. The Morgan fingerprint density at radius 3 is 2.53 bits per heavy atom. The van der Waals surface area contributed by atoms with Crippen molar-refractivity contribution in [3.63, 3.8) is 0 Å². The topological polar surface area (TPSA) is 17.1 Å². The fourth-order valence-electron chi connectivity index (χ4n) is 1.66. The maximum absolute atomic E-state index is 10.9. The van der Waals surface area contributed by atoms with E-state index in [0.29, 0.717) is 5.57 Å². The first kappa shape index (κ1) is 9.70. The van der Waals surface area contributed by atoms with Crippen molar-refractivity contribution in [1.29, 1.82) is 0 Å². The first-order chi connectivity index (χ1) is 7.31. The van der Waals surface area contributed by atoms with Crippen molar-refractivity contribution in [2.24, 2.45) is 0 Å². The molecule has 0 heterocycles.